The van der Waals surface area contributed by atoms with E-state index >= 15 is 0 Å². The fourth-order valence-electron chi connectivity index (χ4n) is 1.96. The van der Waals surface area contributed by atoms with Gasteiger partial charge < -0.3 is 4.98 Å². The van der Waals surface area contributed by atoms with Gasteiger partial charge in [-0.15, -0.1) is 0 Å². The molecule has 1 heterocycles. The normalized spacial score (nSPS) is 10.8. The summed E-state index contributed by atoms with van der Waals surface area (Å²) in [5, 5.41) is 10.7. The van der Waals surface area contributed by atoms with E-state index in [1.54, 1.807) is 6.07 Å². The molecule has 0 saturated carbocycles. The molecular weight excluding hydrogens is 242 g/mol. The number of aryl methyl sites for hydroxylation is 1. The molecule has 19 heavy (non-hydrogen) atoms. The van der Waals surface area contributed by atoms with Crippen molar-refractivity contribution in [3.8, 4) is 11.4 Å². The van der Waals surface area contributed by atoms with Crippen molar-refractivity contribution in [3.63, 3.8) is 0 Å². The first-order valence-electron chi connectivity index (χ1n) is 5.85. The number of hydrogen-bond donors (Lipinski definition) is 1. The Kier molecular flexibility index (Phi) is 2.52. The van der Waals surface area contributed by atoms with Crippen LogP contribution in [0.1, 0.15) is 5.56 Å². The summed E-state index contributed by atoms with van der Waals surface area (Å²) in [6.45, 7) is 2.02. The minimum Gasteiger partial charge on any atom is -0.338 e. The van der Waals surface area contributed by atoms with Crippen molar-refractivity contribution in [1.82, 2.24) is 9.97 Å². The minimum absolute atomic E-state index is 0.0504. The fourth-order valence-corrected chi connectivity index (χ4v) is 1.96. The average Bonchev–Trinajstić information content (AvgIpc) is 2.82. The van der Waals surface area contributed by atoms with Crippen molar-refractivity contribution in [3.05, 3.63) is 58.1 Å². The third kappa shape index (κ3) is 2.06. The maximum Gasteiger partial charge on any atom is 0.271 e. The summed E-state index contributed by atoms with van der Waals surface area (Å²) in [5.41, 5.74) is 3.58. The zero-order chi connectivity index (χ0) is 13.4. The lowest BCUT2D eigenvalue weighted by molar-refractivity contribution is -0.384. The first-order chi connectivity index (χ1) is 9.13. The van der Waals surface area contributed by atoms with Crippen LogP contribution in [0.15, 0.2) is 42.5 Å². The molecule has 0 aliphatic rings. The van der Waals surface area contributed by atoms with Crippen LogP contribution in [0.5, 0.6) is 0 Å². The van der Waals surface area contributed by atoms with Gasteiger partial charge in [0.1, 0.15) is 5.82 Å². The highest BCUT2D eigenvalue weighted by molar-refractivity contribution is 5.81. The molecule has 94 valence electrons. The zero-order valence-corrected chi connectivity index (χ0v) is 10.3. The smallest absolute Gasteiger partial charge is 0.271 e. The predicted molar refractivity (Wildman–Crippen MR) is 72.9 cm³/mol. The number of benzene rings is 2. The van der Waals surface area contributed by atoms with Gasteiger partial charge in [0, 0.05) is 17.7 Å². The van der Waals surface area contributed by atoms with Crippen molar-refractivity contribution < 1.29 is 4.92 Å². The van der Waals surface area contributed by atoms with Crippen LogP contribution in [0.25, 0.3) is 22.4 Å². The molecule has 0 aliphatic carbocycles. The second-order valence-corrected chi connectivity index (χ2v) is 4.41. The molecule has 3 aromatic rings. The maximum atomic E-state index is 10.7. The summed E-state index contributed by atoms with van der Waals surface area (Å²) in [6.07, 6.45) is 0. The molecule has 3 rings (SSSR count). The van der Waals surface area contributed by atoms with E-state index in [1.807, 2.05) is 31.2 Å². The van der Waals surface area contributed by atoms with Gasteiger partial charge >= 0.3 is 0 Å². The number of nitro benzene ring substituents is 1. The number of fused-ring (bicyclic) bond motifs is 1. The number of imidazole rings is 1. The Morgan fingerprint density at radius 3 is 2.58 bits per heavy atom. The summed E-state index contributed by atoms with van der Waals surface area (Å²) >= 11 is 0. The molecular formula is C14H11N3O2. The Morgan fingerprint density at radius 2 is 1.89 bits per heavy atom. The van der Waals surface area contributed by atoms with Crippen molar-refractivity contribution >= 4 is 16.7 Å². The Bertz CT molecular complexity index is 760. The lowest BCUT2D eigenvalue weighted by Crippen LogP contribution is -1.86. The highest BCUT2D eigenvalue weighted by Crippen LogP contribution is 2.23. The molecule has 1 N–H and O–H groups in total. The van der Waals surface area contributed by atoms with Crippen molar-refractivity contribution in [2.45, 2.75) is 6.92 Å². The first-order valence-corrected chi connectivity index (χ1v) is 5.85. The largest absolute Gasteiger partial charge is 0.338 e. The van der Waals surface area contributed by atoms with E-state index in [2.05, 4.69) is 9.97 Å². The summed E-state index contributed by atoms with van der Waals surface area (Å²) in [6, 6.07) is 12.6. The van der Waals surface area contributed by atoms with Gasteiger partial charge in [0.15, 0.2) is 0 Å². The number of rotatable bonds is 2. The van der Waals surface area contributed by atoms with Crippen molar-refractivity contribution in [2.75, 3.05) is 0 Å². The van der Waals surface area contributed by atoms with Crippen LogP contribution in [0.3, 0.4) is 0 Å². The average molecular weight is 253 g/mol. The van der Waals surface area contributed by atoms with Crippen LogP contribution in [-0.2, 0) is 0 Å². The molecule has 5 nitrogen and oxygen atoms in total. The van der Waals surface area contributed by atoms with Crippen molar-refractivity contribution in [2.24, 2.45) is 0 Å². The molecule has 5 heteroatoms. The number of nitrogens with zero attached hydrogens (tertiary/aromatic N) is 2. The molecule has 0 spiro atoms. The number of H-pyrrole nitrogens is 1. The molecule has 0 radical (unpaired) electrons. The second-order valence-electron chi connectivity index (χ2n) is 4.41. The van der Waals surface area contributed by atoms with E-state index in [1.165, 1.54) is 17.7 Å². The Hall–Kier alpha value is -2.69. The fraction of sp³-hybridized carbons (Fsp3) is 0.0714. The summed E-state index contributed by atoms with van der Waals surface area (Å²) in [4.78, 5) is 17.9. The first kappa shape index (κ1) is 11.4. The van der Waals surface area contributed by atoms with E-state index < -0.39 is 4.92 Å². The molecule has 0 bridgehead atoms. The van der Waals surface area contributed by atoms with E-state index in [0.717, 1.165) is 16.9 Å². The lowest BCUT2D eigenvalue weighted by atomic mass is 10.1. The van der Waals surface area contributed by atoms with Gasteiger partial charge in [0.05, 0.1) is 16.0 Å². The summed E-state index contributed by atoms with van der Waals surface area (Å²) < 4.78 is 0. The van der Waals surface area contributed by atoms with Gasteiger partial charge in [0.25, 0.3) is 5.69 Å². The molecule has 0 unspecified atom stereocenters. The number of nitro groups is 1. The number of nitrogens with one attached hydrogen (secondary N) is 1. The summed E-state index contributed by atoms with van der Waals surface area (Å²) in [5.74, 6) is 0.718. The van der Waals surface area contributed by atoms with Crippen LogP contribution in [0.2, 0.25) is 0 Å². The molecule has 0 amide bonds. The zero-order valence-electron chi connectivity index (χ0n) is 10.3. The van der Waals surface area contributed by atoms with Crippen LogP contribution in [0.4, 0.5) is 5.69 Å². The Labute approximate surface area is 109 Å². The predicted octanol–water partition coefficient (Wildman–Crippen LogP) is 3.45. The van der Waals surface area contributed by atoms with E-state index in [9.17, 15) is 10.1 Å². The molecule has 0 atom stereocenters. The molecule has 0 saturated heterocycles. The highest BCUT2D eigenvalue weighted by atomic mass is 16.6. The van der Waals surface area contributed by atoms with E-state index in [0.29, 0.717) is 5.52 Å². The third-order valence-corrected chi connectivity index (χ3v) is 3.00. The van der Waals surface area contributed by atoms with Gasteiger partial charge in [-0.05, 0) is 13.0 Å². The van der Waals surface area contributed by atoms with Crippen LogP contribution in [-0.4, -0.2) is 14.9 Å². The van der Waals surface area contributed by atoms with Crippen LogP contribution in [0, 0.1) is 17.0 Å². The Balaban J connectivity index is 2.11. The maximum absolute atomic E-state index is 10.7. The molecule has 2 aromatic carbocycles. The number of non-ortho nitro benzene ring substituents is 1. The lowest BCUT2D eigenvalue weighted by Gasteiger charge is -1.96. The van der Waals surface area contributed by atoms with Crippen molar-refractivity contribution in [1.29, 1.82) is 0 Å². The summed E-state index contributed by atoms with van der Waals surface area (Å²) in [7, 11) is 0. The van der Waals surface area contributed by atoms with Gasteiger partial charge in [-0.1, -0.05) is 29.8 Å². The SMILES string of the molecule is Cc1ccc(-c2nc3cc([N+](=O)[O-])ccc3[nH]2)cc1. The third-order valence-electron chi connectivity index (χ3n) is 3.00. The molecule has 0 fully saturated rings. The Morgan fingerprint density at radius 1 is 1.16 bits per heavy atom. The number of hydrogen-bond acceptors (Lipinski definition) is 3. The van der Waals surface area contributed by atoms with Gasteiger partial charge in [-0.2, -0.15) is 0 Å². The topological polar surface area (TPSA) is 71.8 Å². The highest BCUT2D eigenvalue weighted by Gasteiger charge is 2.10. The second kappa shape index (κ2) is 4.20. The standard InChI is InChI=1S/C14H11N3O2/c1-9-2-4-10(5-3-9)14-15-12-7-6-11(17(18)19)8-13(12)16-14/h2-8H,1H3,(H,15,16). The van der Waals surface area contributed by atoms with Gasteiger partial charge in [-0.25, -0.2) is 4.98 Å². The minimum atomic E-state index is -0.417. The van der Waals surface area contributed by atoms with E-state index in [-0.39, 0.29) is 5.69 Å². The van der Waals surface area contributed by atoms with Crippen LogP contribution >= 0.6 is 0 Å². The van der Waals surface area contributed by atoms with Gasteiger partial charge in [0.2, 0.25) is 0 Å². The van der Waals surface area contributed by atoms with E-state index in [4.69, 9.17) is 0 Å². The molecule has 1 aromatic heterocycles. The van der Waals surface area contributed by atoms with Gasteiger partial charge in [-0.3, -0.25) is 10.1 Å². The number of aromatic amines is 1. The monoisotopic (exact) mass is 253 g/mol. The van der Waals surface area contributed by atoms with Crippen LogP contribution < -0.4 is 0 Å². The number of aromatic nitrogens is 2. The quantitative estimate of drug-likeness (QED) is 0.561. The molecule has 0 aliphatic heterocycles.